The fourth-order valence-corrected chi connectivity index (χ4v) is 5.03. The predicted octanol–water partition coefficient (Wildman–Crippen LogP) is 2.87. The van der Waals surface area contributed by atoms with Gasteiger partial charge in [-0.2, -0.15) is 4.31 Å². The number of hydrogen-bond acceptors (Lipinski definition) is 5. The van der Waals surface area contributed by atoms with E-state index in [1.165, 1.54) is 34.6 Å². The molecule has 0 spiro atoms. The molecule has 162 valence electrons. The minimum Gasteiger partial charge on any atom is -0.322 e. The molecular weight excluding hydrogens is 419 g/mol. The van der Waals surface area contributed by atoms with Crippen LogP contribution < -0.4 is 5.32 Å². The Labute approximate surface area is 180 Å². The van der Waals surface area contributed by atoms with E-state index in [1.54, 1.807) is 25.1 Å². The van der Waals surface area contributed by atoms with Gasteiger partial charge in [-0.1, -0.05) is 0 Å². The average molecular weight is 443 g/mol. The van der Waals surface area contributed by atoms with Crippen LogP contribution in [0.3, 0.4) is 0 Å². The van der Waals surface area contributed by atoms with E-state index in [0.717, 1.165) is 0 Å². The normalized spacial score (nSPS) is 15.8. The average Bonchev–Trinajstić information content (AvgIpc) is 2.73. The van der Waals surface area contributed by atoms with Crippen molar-refractivity contribution in [1.29, 1.82) is 0 Å². The van der Waals surface area contributed by atoms with Crippen molar-refractivity contribution in [2.45, 2.75) is 11.8 Å². The highest BCUT2D eigenvalue weighted by Crippen LogP contribution is 2.23. The Hall–Kier alpha value is -2.88. The summed E-state index contributed by atoms with van der Waals surface area (Å²) in [6.07, 6.45) is 0. The van der Waals surface area contributed by atoms with Gasteiger partial charge in [-0.25, -0.2) is 12.8 Å². The third-order valence-electron chi connectivity index (χ3n) is 5.36. The van der Waals surface area contributed by atoms with E-state index in [-0.39, 0.29) is 10.8 Å². The molecular formula is C22H23FN4O3S. The van der Waals surface area contributed by atoms with Crippen LogP contribution >= 0.6 is 0 Å². The molecule has 1 saturated heterocycles. The summed E-state index contributed by atoms with van der Waals surface area (Å²) in [4.78, 5) is 19.4. The topological polar surface area (TPSA) is 82.6 Å². The van der Waals surface area contributed by atoms with E-state index in [2.05, 4.69) is 15.2 Å². The lowest BCUT2D eigenvalue weighted by Crippen LogP contribution is -2.46. The van der Waals surface area contributed by atoms with Crippen molar-refractivity contribution in [2.75, 3.05) is 38.5 Å². The van der Waals surface area contributed by atoms with Crippen molar-refractivity contribution in [3.63, 3.8) is 0 Å². The molecule has 2 aromatic carbocycles. The smallest absolute Gasteiger partial charge is 0.256 e. The standard InChI is InChI=1S/C22H23FN4O3S/c1-15-13-20(19-8-3-16(23)14-21(19)24-15)22(28)25-17-4-6-18(7-5-17)31(29,30)27-11-9-26(2)10-12-27/h3-8,13-14H,9-12H2,1-2H3,(H,25,28). The van der Waals surface area contributed by atoms with Gasteiger partial charge in [0, 0.05) is 49.0 Å². The number of piperazine rings is 1. The van der Waals surface area contributed by atoms with Crippen molar-refractivity contribution in [3.8, 4) is 0 Å². The zero-order valence-electron chi connectivity index (χ0n) is 17.3. The van der Waals surface area contributed by atoms with Crippen LogP contribution in [0.5, 0.6) is 0 Å². The molecule has 1 amide bonds. The van der Waals surface area contributed by atoms with Crippen LogP contribution in [-0.4, -0.2) is 61.7 Å². The zero-order valence-corrected chi connectivity index (χ0v) is 18.1. The van der Waals surface area contributed by atoms with Gasteiger partial charge in [0.2, 0.25) is 10.0 Å². The number of aryl methyl sites for hydroxylation is 1. The van der Waals surface area contributed by atoms with E-state index in [1.807, 2.05) is 7.05 Å². The van der Waals surface area contributed by atoms with Crippen molar-refractivity contribution in [1.82, 2.24) is 14.2 Å². The minimum absolute atomic E-state index is 0.190. The second kappa shape index (κ2) is 8.33. The number of amides is 1. The molecule has 0 aliphatic carbocycles. The molecule has 1 aromatic heterocycles. The van der Waals surface area contributed by atoms with Gasteiger partial charge < -0.3 is 10.2 Å². The molecule has 0 saturated carbocycles. The number of benzene rings is 2. The lowest BCUT2D eigenvalue weighted by Gasteiger charge is -2.31. The third-order valence-corrected chi connectivity index (χ3v) is 7.27. The maximum atomic E-state index is 13.5. The van der Waals surface area contributed by atoms with Crippen molar-refractivity contribution < 1.29 is 17.6 Å². The number of carbonyl (C=O) groups excluding carboxylic acids is 1. The van der Waals surface area contributed by atoms with Crippen LogP contribution in [0.15, 0.2) is 53.4 Å². The highest BCUT2D eigenvalue weighted by molar-refractivity contribution is 7.89. The SMILES string of the molecule is Cc1cc(C(=O)Nc2ccc(S(=O)(=O)N3CCN(C)CC3)cc2)c2ccc(F)cc2n1. The van der Waals surface area contributed by atoms with Crippen molar-refractivity contribution >= 4 is 32.5 Å². The van der Waals surface area contributed by atoms with Crippen LogP contribution in [-0.2, 0) is 10.0 Å². The van der Waals surface area contributed by atoms with Gasteiger partial charge >= 0.3 is 0 Å². The van der Waals surface area contributed by atoms with E-state index in [9.17, 15) is 17.6 Å². The summed E-state index contributed by atoms with van der Waals surface area (Å²) < 4.78 is 40.7. The summed E-state index contributed by atoms with van der Waals surface area (Å²) in [5, 5.41) is 3.32. The van der Waals surface area contributed by atoms with E-state index in [4.69, 9.17) is 0 Å². The molecule has 0 radical (unpaired) electrons. The number of halogens is 1. The Morgan fingerprint density at radius 1 is 1.03 bits per heavy atom. The number of sulfonamides is 1. The lowest BCUT2D eigenvalue weighted by atomic mass is 10.1. The fraction of sp³-hybridized carbons (Fsp3) is 0.273. The molecule has 9 heteroatoms. The molecule has 4 rings (SSSR count). The molecule has 31 heavy (non-hydrogen) atoms. The number of anilines is 1. The fourth-order valence-electron chi connectivity index (χ4n) is 3.61. The third kappa shape index (κ3) is 4.43. The summed E-state index contributed by atoms with van der Waals surface area (Å²) in [6, 6.07) is 11.9. The largest absolute Gasteiger partial charge is 0.322 e. The monoisotopic (exact) mass is 442 g/mol. The molecule has 0 bridgehead atoms. The maximum absolute atomic E-state index is 13.5. The Morgan fingerprint density at radius 3 is 2.39 bits per heavy atom. The highest BCUT2D eigenvalue weighted by atomic mass is 32.2. The van der Waals surface area contributed by atoms with Crippen molar-refractivity contribution in [2.24, 2.45) is 0 Å². The number of aromatic nitrogens is 1. The Morgan fingerprint density at radius 2 is 1.71 bits per heavy atom. The summed E-state index contributed by atoms with van der Waals surface area (Å²) >= 11 is 0. The molecule has 0 unspecified atom stereocenters. The maximum Gasteiger partial charge on any atom is 0.256 e. The molecule has 2 heterocycles. The Bertz CT molecular complexity index is 1230. The zero-order chi connectivity index (χ0) is 22.2. The number of fused-ring (bicyclic) bond motifs is 1. The molecule has 0 atom stereocenters. The molecule has 1 aliphatic rings. The Kier molecular flexibility index (Phi) is 5.74. The summed E-state index contributed by atoms with van der Waals surface area (Å²) in [6.45, 7) is 4.02. The van der Waals surface area contributed by atoms with Gasteiger partial charge in [0.1, 0.15) is 5.82 Å². The van der Waals surface area contributed by atoms with E-state index in [0.29, 0.717) is 54.0 Å². The lowest BCUT2D eigenvalue weighted by molar-refractivity contribution is 0.102. The van der Waals surface area contributed by atoms with Gasteiger partial charge in [-0.15, -0.1) is 0 Å². The Balaban J connectivity index is 1.55. The molecule has 7 nitrogen and oxygen atoms in total. The van der Waals surface area contributed by atoms with Crippen molar-refractivity contribution in [3.05, 3.63) is 65.6 Å². The van der Waals surface area contributed by atoms with Gasteiger partial charge in [0.15, 0.2) is 0 Å². The van der Waals surface area contributed by atoms with Gasteiger partial charge in [-0.3, -0.25) is 9.78 Å². The number of carbonyl (C=O) groups is 1. The number of nitrogens with zero attached hydrogens (tertiary/aromatic N) is 3. The van der Waals surface area contributed by atoms with E-state index < -0.39 is 15.8 Å². The number of pyridine rings is 1. The van der Waals surface area contributed by atoms with Gasteiger partial charge in [0.25, 0.3) is 5.91 Å². The summed E-state index contributed by atoms with van der Waals surface area (Å²) in [5.74, 6) is -0.800. The molecule has 1 N–H and O–H groups in total. The van der Waals surface area contributed by atoms with Gasteiger partial charge in [0.05, 0.1) is 16.0 Å². The first-order chi connectivity index (χ1) is 14.7. The second-order valence-corrected chi connectivity index (χ2v) is 9.60. The first kappa shape index (κ1) is 21.4. The first-order valence-corrected chi connectivity index (χ1v) is 11.3. The molecule has 1 aliphatic heterocycles. The summed E-state index contributed by atoms with van der Waals surface area (Å²) in [7, 11) is -1.61. The minimum atomic E-state index is -3.57. The number of nitrogens with one attached hydrogen (secondary N) is 1. The number of likely N-dealkylation sites (N-methyl/N-ethyl adjacent to an activating group) is 1. The summed E-state index contributed by atoms with van der Waals surface area (Å²) in [5.41, 5.74) is 1.83. The van der Waals surface area contributed by atoms with Crippen LogP contribution in [0, 0.1) is 12.7 Å². The molecule has 3 aromatic rings. The number of hydrogen-bond donors (Lipinski definition) is 1. The van der Waals surface area contributed by atoms with Crippen LogP contribution in [0.2, 0.25) is 0 Å². The second-order valence-electron chi connectivity index (χ2n) is 7.66. The molecule has 1 fully saturated rings. The predicted molar refractivity (Wildman–Crippen MR) is 117 cm³/mol. The van der Waals surface area contributed by atoms with Crippen LogP contribution in [0.1, 0.15) is 16.1 Å². The van der Waals surface area contributed by atoms with E-state index >= 15 is 0 Å². The highest BCUT2D eigenvalue weighted by Gasteiger charge is 2.27. The quantitative estimate of drug-likeness (QED) is 0.672. The van der Waals surface area contributed by atoms with Crippen LogP contribution in [0.4, 0.5) is 10.1 Å². The number of rotatable bonds is 4. The first-order valence-electron chi connectivity index (χ1n) is 9.91. The van der Waals surface area contributed by atoms with Crippen LogP contribution in [0.25, 0.3) is 10.9 Å². The van der Waals surface area contributed by atoms with Gasteiger partial charge in [-0.05, 0) is 56.4 Å².